The van der Waals surface area contributed by atoms with Crippen LogP contribution in [0.2, 0.25) is 0 Å². The van der Waals surface area contributed by atoms with Crippen LogP contribution >= 0.6 is 0 Å². The third kappa shape index (κ3) is 5.58. The van der Waals surface area contributed by atoms with Crippen LogP contribution in [-0.4, -0.2) is 23.6 Å². The van der Waals surface area contributed by atoms with Gasteiger partial charge in [0.2, 0.25) is 0 Å². The van der Waals surface area contributed by atoms with Crippen LogP contribution in [0, 0.1) is 5.92 Å². The lowest BCUT2D eigenvalue weighted by Crippen LogP contribution is -2.20. The van der Waals surface area contributed by atoms with E-state index in [9.17, 15) is 18.6 Å². The fourth-order valence-electron chi connectivity index (χ4n) is 4.62. The third-order valence-electron chi connectivity index (χ3n) is 6.29. The van der Waals surface area contributed by atoms with E-state index >= 15 is 0 Å². The summed E-state index contributed by atoms with van der Waals surface area (Å²) in [6.07, 6.45) is 9.78. The van der Waals surface area contributed by atoms with Crippen molar-refractivity contribution < 1.29 is 18.6 Å². The van der Waals surface area contributed by atoms with Crippen LogP contribution in [0.4, 0.5) is 5.69 Å². The maximum absolute atomic E-state index is 13.5. The van der Waals surface area contributed by atoms with Gasteiger partial charge in [-0.1, -0.05) is 43.6 Å². The molecule has 0 spiro atoms. The van der Waals surface area contributed by atoms with Crippen LogP contribution in [0.15, 0.2) is 59.3 Å². The van der Waals surface area contributed by atoms with E-state index in [1.165, 1.54) is 12.3 Å². The molecule has 33 heavy (non-hydrogen) atoms. The number of rotatable bonds is 9. The van der Waals surface area contributed by atoms with E-state index in [0.29, 0.717) is 17.7 Å². The van der Waals surface area contributed by atoms with E-state index in [1.807, 2.05) is 19.9 Å². The number of nitrogens with zero attached hydrogens (tertiary/aromatic N) is 1. The van der Waals surface area contributed by atoms with Gasteiger partial charge in [-0.2, -0.15) is 0 Å². The fourth-order valence-corrected chi connectivity index (χ4v) is 6.02. The monoisotopic (exact) mass is 470 g/mol. The second-order valence-corrected chi connectivity index (χ2v) is 10.6. The second kappa shape index (κ2) is 10.4. The number of aryl methyl sites for hydroxylation is 1. The van der Waals surface area contributed by atoms with Crippen LogP contribution in [0.1, 0.15) is 69.9 Å². The molecule has 0 fully saturated rings. The summed E-state index contributed by atoms with van der Waals surface area (Å²) in [5.41, 5.74) is 3.03. The van der Waals surface area contributed by atoms with Crippen molar-refractivity contribution in [3.63, 3.8) is 0 Å². The van der Waals surface area contributed by atoms with Gasteiger partial charge < -0.3 is 10.2 Å². The molecule has 0 saturated carbocycles. The SMILES string of the molecule is C=C(C)C1CCC(C)=CC1c1c(O)cc(CCCCC)c(S(=O)(=O)Nc2cccnc2)c1O. The highest BCUT2D eigenvalue weighted by atomic mass is 32.2. The van der Waals surface area contributed by atoms with Crippen molar-refractivity contribution in [1.82, 2.24) is 4.98 Å². The Morgan fingerprint density at radius 3 is 2.70 bits per heavy atom. The Morgan fingerprint density at radius 1 is 1.30 bits per heavy atom. The molecule has 1 aromatic carbocycles. The quantitative estimate of drug-likeness (QED) is 0.306. The number of phenols is 2. The topological polar surface area (TPSA) is 99.5 Å². The van der Waals surface area contributed by atoms with E-state index in [1.54, 1.807) is 18.3 Å². The first-order valence-electron chi connectivity index (χ1n) is 11.5. The molecule has 3 rings (SSSR count). The molecule has 1 aliphatic carbocycles. The van der Waals surface area contributed by atoms with Gasteiger partial charge in [-0.3, -0.25) is 9.71 Å². The zero-order valence-electron chi connectivity index (χ0n) is 19.6. The zero-order valence-corrected chi connectivity index (χ0v) is 20.5. The average molecular weight is 471 g/mol. The highest BCUT2D eigenvalue weighted by molar-refractivity contribution is 7.92. The minimum Gasteiger partial charge on any atom is -0.507 e. The predicted molar refractivity (Wildman–Crippen MR) is 132 cm³/mol. The van der Waals surface area contributed by atoms with E-state index < -0.39 is 10.0 Å². The van der Waals surface area contributed by atoms with Crippen LogP contribution in [0.3, 0.4) is 0 Å². The Kier molecular flexibility index (Phi) is 7.84. The number of hydrogen-bond acceptors (Lipinski definition) is 5. The number of aromatic hydroxyl groups is 2. The van der Waals surface area contributed by atoms with Crippen LogP contribution in [0.5, 0.6) is 11.5 Å². The molecule has 0 aliphatic heterocycles. The van der Waals surface area contributed by atoms with Gasteiger partial charge in [0.15, 0.2) is 0 Å². The Morgan fingerprint density at radius 2 is 2.06 bits per heavy atom. The lowest BCUT2D eigenvalue weighted by atomic mass is 9.73. The molecule has 6 nitrogen and oxygen atoms in total. The number of unbranched alkanes of at least 4 members (excludes halogenated alkanes) is 2. The molecular weight excluding hydrogens is 436 g/mol. The molecule has 178 valence electrons. The predicted octanol–water partition coefficient (Wildman–Crippen LogP) is 6.04. The summed E-state index contributed by atoms with van der Waals surface area (Å²) < 4.78 is 29.5. The van der Waals surface area contributed by atoms with Crippen LogP contribution < -0.4 is 4.72 Å². The number of allylic oxidation sites excluding steroid dienone is 3. The number of pyridine rings is 1. The van der Waals surface area contributed by atoms with E-state index in [2.05, 4.69) is 23.2 Å². The van der Waals surface area contributed by atoms with Crippen molar-refractivity contribution in [2.45, 2.75) is 70.1 Å². The summed E-state index contributed by atoms with van der Waals surface area (Å²) >= 11 is 0. The number of anilines is 1. The van der Waals surface area contributed by atoms with E-state index in [-0.39, 0.29) is 33.8 Å². The second-order valence-electron chi connectivity index (χ2n) is 8.98. The number of hydrogen-bond donors (Lipinski definition) is 3. The molecule has 0 radical (unpaired) electrons. The van der Waals surface area contributed by atoms with Gasteiger partial charge in [-0.25, -0.2) is 8.42 Å². The molecule has 3 N–H and O–H groups in total. The summed E-state index contributed by atoms with van der Waals surface area (Å²) in [6.45, 7) is 10.1. The van der Waals surface area contributed by atoms with Crippen molar-refractivity contribution in [3.05, 3.63) is 65.5 Å². The molecule has 0 bridgehead atoms. The molecular formula is C26H34N2O4S. The fraction of sp³-hybridized carbons (Fsp3) is 0.423. The molecule has 0 amide bonds. The summed E-state index contributed by atoms with van der Waals surface area (Å²) in [7, 11) is -4.14. The minimum atomic E-state index is -4.14. The number of sulfonamides is 1. The molecule has 1 heterocycles. The van der Waals surface area contributed by atoms with Gasteiger partial charge in [-0.05, 0) is 69.2 Å². The van der Waals surface area contributed by atoms with Crippen molar-refractivity contribution in [3.8, 4) is 11.5 Å². The Bertz CT molecular complexity index is 1140. The molecule has 2 aromatic rings. The minimum absolute atomic E-state index is 0.00159. The number of benzene rings is 1. The first-order valence-corrected chi connectivity index (χ1v) is 13.0. The molecule has 0 saturated heterocycles. The molecule has 7 heteroatoms. The van der Waals surface area contributed by atoms with Gasteiger partial charge in [0.05, 0.1) is 11.9 Å². The van der Waals surface area contributed by atoms with Crippen LogP contribution in [0.25, 0.3) is 0 Å². The number of phenolic OH excluding ortho intramolecular Hbond substituents is 2. The molecule has 2 atom stereocenters. The standard InChI is InChI=1S/C26H34N2O4S/c1-5-6-7-9-19-15-23(29)24(22-14-18(4)11-12-21(22)17(2)3)25(30)26(19)33(31,32)28-20-10-8-13-27-16-20/h8,10,13-16,21-22,28-30H,2,5-7,9,11-12H2,1,3-4H3. The van der Waals surface area contributed by atoms with Crippen molar-refractivity contribution in [2.75, 3.05) is 4.72 Å². The summed E-state index contributed by atoms with van der Waals surface area (Å²) in [5.74, 6) is -0.826. The van der Waals surface area contributed by atoms with E-state index in [4.69, 9.17) is 0 Å². The first-order chi connectivity index (χ1) is 15.7. The van der Waals surface area contributed by atoms with Crippen molar-refractivity contribution in [2.24, 2.45) is 5.92 Å². The zero-order chi connectivity index (χ0) is 24.2. The van der Waals surface area contributed by atoms with Gasteiger partial charge in [0.25, 0.3) is 10.0 Å². The maximum Gasteiger partial charge on any atom is 0.265 e. The van der Waals surface area contributed by atoms with Gasteiger partial charge >= 0.3 is 0 Å². The van der Waals surface area contributed by atoms with Crippen LogP contribution in [-0.2, 0) is 16.4 Å². The molecule has 2 unspecified atom stereocenters. The largest absolute Gasteiger partial charge is 0.507 e. The average Bonchev–Trinajstić information content (AvgIpc) is 2.73. The maximum atomic E-state index is 13.5. The smallest absolute Gasteiger partial charge is 0.265 e. The lowest BCUT2D eigenvalue weighted by molar-refractivity contribution is 0.397. The van der Waals surface area contributed by atoms with E-state index in [0.717, 1.165) is 43.3 Å². The lowest BCUT2D eigenvalue weighted by Gasteiger charge is -2.32. The Labute approximate surface area is 197 Å². The van der Waals surface area contributed by atoms with Gasteiger partial charge in [0.1, 0.15) is 16.4 Å². The van der Waals surface area contributed by atoms with Crippen molar-refractivity contribution >= 4 is 15.7 Å². The number of aromatic nitrogens is 1. The summed E-state index contributed by atoms with van der Waals surface area (Å²) in [6, 6.07) is 4.75. The number of nitrogens with one attached hydrogen (secondary N) is 1. The first kappa shape index (κ1) is 24.8. The normalized spacial score (nSPS) is 18.6. The Balaban J connectivity index is 2.19. The van der Waals surface area contributed by atoms with Gasteiger partial charge in [-0.15, -0.1) is 0 Å². The highest BCUT2D eigenvalue weighted by Crippen LogP contribution is 2.49. The van der Waals surface area contributed by atoms with Crippen molar-refractivity contribution in [1.29, 1.82) is 0 Å². The summed E-state index contributed by atoms with van der Waals surface area (Å²) in [5, 5.41) is 22.4. The third-order valence-corrected chi connectivity index (χ3v) is 7.79. The van der Waals surface area contributed by atoms with Gasteiger partial charge in [0, 0.05) is 17.7 Å². The highest BCUT2D eigenvalue weighted by Gasteiger charge is 2.34. The molecule has 1 aliphatic rings. The molecule has 1 aromatic heterocycles. The summed E-state index contributed by atoms with van der Waals surface area (Å²) in [4.78, 5) is 3.79. The Hall–Kier alpha value is -2.80.